The average Bonchev–Trinajstić information content (AvgIpc) is 2.92. The Bertz CT molecular complexity index is 1380. The molecule has 1 aliphatic heterocycles. The van der Waals surface area contributed by atoms with Gasteiger partial charge in [0.25, 0.3) is 5.91 Å². The molecule has 1 aromatic heterocycles. The third-order valence-corrected chi connectivity index (χ3v) is 7.12. The predicted molar refractivity (Wildman–Crippen MR) is 141 cm³/mol. The summed E-state index contributed by atoms with van der Waals surface area (Å²) in [4.78, 5) is 23.6. The average molecular weight is 522 g/mol. The number of nitrogens with one attached hydrogen (secondary N) is 3. The molecule has 0 spiro atoms. The van der Waals surface area contributed by atoms with E-state index in [1.54, 1.807) is 23.1 Å². The highest BCUT2D eigenvalue weighted by Gasteiger charge is 2.38. The van der Waals surface area contributed by atoms with Crippen molar-refractivity contribution in [3.8, 4) is 5.75 Å². The number of hydrogen-bond donors (Lipinski definition) is 4. The van der Waals surface area contributed by atoms with Crippen LogP contribution < -0.4 is 21.1 Å². The minimum absolute atomic E-state index is 0.0289. The predicted octanol–water partition coefficient (Wildman–Crippen LogP) is 4.40. The van der Waals surface area contributed by atoms with Crippen molar-refractivity contribution in [2.45, 2.75) is 44.3 Å². The number of halogens is 2. The first-order chi connectivity index (χ1) is 18.4. The zero-order valence-corrected chi connectivity index (χ0v) is 20.9. The lowest BCUT2D eigenvalue weighted by Gasteiger charge is -2.44. The van der Waals surface area contributed by atoms with Crippen molar-refractivity contribution in [2.24, 2.45) is 0 Å². The third-order valence-electron chi connectivity index (χ3n) is 7.12. The van der Waals surface area contributed by atoms with E-state index >= 15 is 0 Å². The van der Waals surface area contributed by atoms with Crippen molar-refractivity contribution < 1.29 is 18.3 Å². The molecule has 5 N–H and O–H groups in total. The second kappa shape index (κ2) is 10.6. The summed E-state index contributed by atoms with van der Waals surface area (Å²) in [5, 5.41) is 15.2. The first-order valence-electron chi connectivity index (χ1n) is 12.5. The van der Waals surface area contributed by atoms with Crippen molar-refractivity contribution in [2.75, 3.05) is 30.0 Å². The fraction of sp³-hybridized carbons (Fsp3) is 0.333. The maximum Gasteiger partial charge on any atom is 0.260 e. The van der Waals surface area contributed by atoms with E-state index < -0.39 is 17.8 Å². The molecular weight excluding hydrogens is 492 g/mol. The zero-order valence-electron chi connectivity index (χ0n) is 20.9. The molecule has 0 bridgehead atoms. The molecule has 1 saturated carbocycles. The van der Waals surface area contributed by atoms with Crippen LogP contribution in [0.15, 0.2) is 42.7 Å². The number of hydrogen-bond acceptors (Lipinski definition) is 8. The van der Waals surface area contributed by atoms with E-state index in [2.05, 4.69) is 20.6 Å². The van der Waals surface area contributed by atoms with Gasteiger partial charge in [-0.3, -0.25) is 10.2 Å². The summed E-state index contributed by atoms with van der Waals surface area (Å²) in [6.45, 7) is 0.200. The Morgan fingerprint density at radius 1 is 1.18 bits per heavy atom. The van der Waals surface area contributed by atoms with Gasteiger partial charge in [0, 0.05) is 11.6 Å². The molecule has 0 radical (unpaired) electrons. The number of nitrogens with zero attached hydrogens (tertiary/aromatic N) is 3. The van der Waals surface area contributed by atoms with Gasteiger partial charge >= 0.3 is 0 Å². The number of aromatic nitrogens is 2. The molecule has 1 unspecified atom stereocenters. The highest BCUT2D eigenvalue weighted by atomic mass is 19.1. The van der Waals surface area contributed by atoms with Crippen LogP contribution in [0.4, 0.5) is 26.1 Å². The molecule has 3 aromatic rings. The largest absolute Gasteiger partial charge is 0.494 e. The Morgan fingerprint density at radius 3 is 2.71 bits per heavy atom. The number of benzene rings is 2. The Balaban J connectivity index is 1.44. The molecular formula is C27H29F2N7O2. The van der Waals surface area contributed by atoms with Gasteiger partial charge in [-0.05, 0) is 43.2 Å². The first kappa shape index (κ1) is 25.4. The number of carbonyl (C=O) groups is 1. The second-order valence-electron chi connectivity index (χ2n) is 9.41. The van der Waals surface area contributed by atoms with Gasteiger partial charge in [-0.25, -0.2) is 18.7 Å². The van der Waals surface area contributed by atoms with Crippen molar-refractivity contribution in [3.05, 3.63) is 71.1 Å². The highest BCUT2D eigenvalue weighted by molar-refractivity contribution is 6.16. The molecule has 1 aliphatic carbocycles. The van der Waals surface area contributed by atoms with Gasteiger partial charge in [-0.2, -0.15) is 0 Å². The van der Waals surface area contributed by atoms with E-state index in [0.717, 1.165) is 32.1 Å². The van der Waals surface area contributed by atoms with Crippen LogP contribution in [0, 0.1) is 17.0 Å². The summed E-state index contributed by atoms with van der Waals surface area (Å²) in [6, 6.07) is 8.69. The van der Waals surface area contributed by atoms with Gasteiger partial charge in [0.2, 0.25) is 0 Å². The number of anilines is 3. The Kier molecular flexibility index (Phi) is 7.08. The van der Waals surface area contributed by atoms with E-state index in [1.807, 2.05) is 0 Å². The van der Waals surface area contributed by atoms with E-state index in [4.69, 9.17) is 15.9 Å². The quantitative estimate of drug-likeness (QED) is 0.339. The number of carbonyl (C=O) groups excluding carboxylic acids is 1. The number of rotatable bonds is 7. The summed E-state index contributed by atoms with van der Waals surface area (Å²) in [7, 11) is 1.36. The molecule has 2 heterocycles. The normalized spacial score (nSPS) is 17.5. The lowest BCUT2D eigenvalue weighted by molar-refractivity contribution is 0.0535. The molecule has 2 aliphatic rings. The maximum absolute atomic E-state index is 14.7. The number of amides is 1. The SMILES string of the molecule is COc1ccc(C(=N)c2c(N)ncnc2NCC2Nc3cccc(F)c3C(=O)N2C2CCCCC2)cc1F. The first-order valence-corrected chi connectivity index (χ1v) is 12.5. The van der Waals surface area contributed by atoms with Gasteiger partial charge in [0.05, 0.1) is 36.2 Å². The van der Waals surface area contributed by atoms with Crippen molar-refractivity contribution in [1.82, 2.24) is 14.9 Å². The number of nitrogens with two attached hydrogens (primary N) is 1. The number of methoxy groups -OCH3 is 1. The van der Waals surface area contributed by atoms with Crippen LogP contribution in [-0.2, 0) is 0 Å². The summed E-state index contributed by atoms with van der Waals surface area (Å²) in [5.41, 5.74) is 7.01. The van der Waals surface area contributed by atoms with Crippen molar-refractivity contribution in [1.29, 1.82) is 5.41 Å². The smallest absolute Gasteiger partial charge is 0.260 e. The van der Waals surface area contributed by atoms with Gasteiger partial charge in [-0.1, -0.05) is 25.3 Å². The summed E-state index contributed by atoms with van der Waals surface area (Å²) >= 11 is 0. The topological polar surface area (TPSA) is 129 Å². The maximum atomic E-state index is 14.7. The van der Waals surface area contributed by atoms with Crippen LogP contribution in [0.25, 0.3) is 0 Å². The molecule has 1 atom stereocenters. The van der Waals surface area contributed by atoms with E-state index in [1.165, 1.54) is 31.6 Å². The fourth-order valence-corrected chi connectivity index (χ4v) is 5.25. The van der Waals surface area contributed by atoms with Crippen LogP contribution >= 0.6 is 0 Å². The lowest BCUT2D eigenvalue weighted by Crippen LogP contribution is -2.57. The molecule has 2 aromatic carbocycles. The fourth-order valence-electron chi connectivity index (χ4n) is 5.25. The van der Waals surface area contributed by atoms with Gasteiger partial charge in [0.1, 0.15) is 29.9 Å². The van der Waals surface area contributed by atoms with Gasteiger partial charge in [0.15, 0.2) is 11.6 Å². The Hall–Kier alpha value is -4.28. The summed E-state index contributed by atoms with van der Waals surface area (Å²) in [6.07, 6.45) is 5.56. The molecule has 38 heavy (non-hydrogen) atoms. The molecule has 0 saturated heterocycles. The monoisotopic (exact) mass is 521 g/mol. The van der Waals surface area contributed by atoms with E-state index in [0.29, 0.717) is 5.69 Å². The third kappa shape index (κ3) is 4.71. The molecule has 11 heteroatoms. The Morgan fingerprint density at radius 2 is 1.97 bits per heavy atom. The van der Waals surface area contributed by atoms with Crippen LogP contribution in [0.5, 0.6) is 5.75 Å². The molecule has 1 amide bonds. The van der Waals surface area contributed by atoms with Crippen molar-refractivity contribution in [3.63, 3.8) is 0 Å². The van der Waals surface area contributed by atoms with Gasteiger partial charge < -0.3 is 26.0 Å². The zero-order chi connectivity index (χ0) is 26.8. The van der Waals surface area contributed by atoms with Crippen LogP contribution in [0.3, 0.4) is 0 Å². The number of ether oxygens (including phenoxy) is 1. The van der Waals surface area contributed by atoms with E-state index in [-0.39, 0.29) is 58.3 Å². The van der Waals surface area contributed by atoms with Crippen LogP contribution in [0.2, 0.25) is 0 Å². The summed E-state index contributed by atoms with van der Waals surface area (Å²) < 4.78 is 34.0. The molecule has 1 fully saturated rings. The lowest BCUT2D eigenvalue weighted by atomic mass is 9.92. The van der Waals surface area contributed by atoms with Crippen LogP contribution in [-0.4, -0.2) is 52.3 Å². The Labute approximate surface area is 218 Å². The molecule has 5 rings (SSSR count). The summed E-state index contributed by atoms with van der Waals surface area (Å²) in [5.74, 6) is -1.14. The highest BCUT2D eigenvalue weighted by Crippen LogP contribution is 2.33. The van der Waals surface area contributed by atoms with Crippen molar-refractivity contribution >= 4 is 28.9 Å². The number of fused-ring (bicyclic) bond motifs is 1. The number of nitrogen functional groups attached to an aromatic ring is 1. The standard InChI is InChI=1S/C27H29F2N7O2/c1-38-20-11-10-15(12-18(20)29)24(30)23-25(31)33-14-34-26(23)32-13-21-35-19-9-5-8-17(28)22(19)27(37)36(21)16-6-3-2-4-7-16/h5,8-12,14,16,21,30,35H,2-4,6-7,13H2,1H3,(H3,31,32,33,34). The van der Waals surface area contributed by atoms with Crippen LogP contribution in [0.1, 0.15) is 53.6 Å². The minimum atomic E-state index is -0.612. The second-order valence-corrected chi connectivity index (χ2v) is 9.41. The minimum Gasteiger partial charge on any atom is -0.494 e. The molecule has 198 valence electrons. The van der Waals surface area contributed by atoms with Gasteiger partial charge in [-0.15, -0.1) is 0 Å². The van der Waals surface area contributed by atoms with E-state index in [9.17, 15) is 13.6 Å². The molecule has 9 nitrogen and oxygen atoms in total.